The Morgan fingerprint density at radius 3 is 2.61 bits per heavy atom. The van der Waals surface area contributed by atoms with E-state index in [1.54, 1.807) is 6.26 Å². The van der Waals surface area contributed by atoms with Gasteiger partial charge in [-0.05, 0) is 24.8 Å². The van der Waals surface area contributed by atoms with E-state index in [9.17, 15) is 4.79 Å². The second-order valence-electron chi connectivity index (χ2n) is 3.45. The third-order valence-electron chi connectivity index (χ3n) is 2.33. The van der Waals surface area contributed by atoms with Gasteiger partial charge in [-0.2, -0.15) is 5.26 Å². The van der Waals surface area contributed by atoms with E-state index in [0.717, 1.165) is 11.3 Å². The zero-order valence-electron chi connectivity index (χ0n) is 10.5. The van der Waals surface area contributed by atoms with Crippen LogP contribution >= 0.6 is 11.8 Å². The summed E-state index contributed by atoms with van der Waals surface area (Å²) in [6, 6.07) is 9.51. The first-order valence-corrected chi connectivity index (χ1v) is 6.45. The zero-order chi connectivity index (χ0) is 13.5. The molecule has 0 fully saturated rings. The number of ether oxygens (including phenoxy) is 1. The quantitative estimate of drug-likeness (QED) is 0.513. The molecule has 0 atom stereocenters. The van der Waals surface area contributed by atoms with Crippen LogP contribution in [0, 0.1) is 18.3 Å². The molecule has 1 N–H and O–H groups in total. The van der Waals surface area contributed by atoms with Crippen LogP contribution in [-0.2, 0) is 9.53 Å². The largest absolute Gasteiger partial charge is 0.465 e. The van der Waals surface area contributed by atoms with Crippen molar-refractivity contribution in [2.45, 2.75) is 6.92 Å². The van der Waals surface area contributed by atoms with Gasteiger partial charge in [0.25, 0.3) is 0 Å². The second kappa shape index (κ2) is 6.72. The Bertz CT molecular complexity index is 518. The van der Waals surface area contributed by atoms with Crippen molar-refractivity contribution in [3.05, 3.63) is 40.4 Å². The number of nitrogens with one attached hydrogen (secondary N) is 1. The lowest BCUT2D eigenvalue weighted by Crippen LogP contribution is -2.10. The summed E-state index contributed by atoms with van der Waals surface area (Å²) in [4.78, 5) is 11.5. The maximum absolute atomic E-state index is 11.5. The van der Waals surface area contributed by atoms with Crippen molar-refractivity contribution >= 4 is 23.4 Å². The van der Waals surface area contributed by atoms with Gasteiger partial charge in [0.05, 0.1) is 12.1 Å². The highest BCUT2D eigenvalue weighted by atomic mass is 32.2. The van der Waals surface area contributed by atoms with Gasteiger partial charge in [-0.3, -0.25) is 0 Å². The number of nitriles is 1. The van der Waals surface area contributed by atoms with Gasteiger partial charge < -0.3 is 10.1 Å². The molecule has 0 radical (unpaired) electrons. The van der Waals surface area contributed by atoms with E-state index in [0.29, 0.717) is 5.03 Å². The topological polar surface area (TPSA) is 62.1 Å². The van der Waals surface area contributed by atoms with Crippen molar-refractivity contribution in [1.29, 1.82) is 5.26 Å². The number of hydrogen-bond donors (Lipinski definition) is 1. The molecule has 0 aliphatic heterocycles. The molecule has 94 valence electrons. The number of thioether (sulfide) groups is 1. The van der Waals surface area contributed by atoms with Crippen molar-refractivity contribution < 1.29 is 9.53 Å². The van der Waals surface area contributed by atoms with Crippen LogP contribution in [0.25, 0.3) is 0 Å². The van der Waals surface area contributed by atoms with Crippen LogP contribution < -0.4 is 5.32 Å². The Balaban J connectivity index is 3.12. The molecule has 0 saturated heterocycles. The average Bonchev–Trinajstić information content (AvgIpc) is 2.40. The first kappa shape index (κ1) is 14.1. The number of carbonyl (C=O) groups is 1. The molecule has 0 spiro atoms. The van der Waals surface area contributed by atoms with Crippen LogP contribution in [0.5, 0.6) is 0 Å². The molecule has 0 aliphatic carbocycles. The molecule has 1 rings (SSSR count). The number of aryl methyl sites for hydroxylation is 1. The van der Waals surface area contributed by atoms with Crippen LogP contribution in [0.15, 0.2) is 34.9 Å². The zero-order valence-corrected chi connectivity index (χ0v) is 11.3. The molecule has 5 heteroatoms. The van der Waals surface area contributed by atoms with E-state index in [4.69, 9.17) is 5.26 Å². The van der Waals surface area contributed by atoms with Crippen molar-refractivity contribution in [1.82, 2.24) is 0 Å². The predicted molar refractivity (Wildman–Crippen MR) is 73.0 cm³/mol. The predicted octanol–water partition coefficient (Wildman–Crippen LogP) is 2.68. The summed E-state index contributed by atoms with van der Waals surface area (Å²) in [7, 11) is 1.26. The first-order chi connectivity index (χ1) is 8.63. The van der Waals surface area contributed by atoms with Crippen molar-refractivity contribution in [3.8, 4) is 6.07 Å². The lowest BCUT2D eigenvalue weighted by molar-refractivity contribution is -0.135. The molecular weight excluding hydrogens is 248 g/mol. The number of methoxy groups -OCH3 is 1. The number of anilines is 1. The molecule has 4 nitrogen and oxygen atoms in total. The van der Waals surface area contributed by atoms with Crippen LogP contribution in [-0.4, -0.2) is 19.3 Å². The van der Waals surface area contributed by atoms with Crippen LogP contribution in [0.1, 0.15) is 5.56 Å². The summed E-state index contributed by atoms with van der Waals surface area (Å²) in [6.07, 6.45) is 1.79. The average molecular weight is 262 g/mol. The monoisotopic (exact) mass is 262 g/mol. The van der Waals surface area contributed by atoms with Crippen molar-refractivity contribution in [3.63, 3.8) is 0 Å². The highest BCUT2D eigenvalue weighted by molar-refractivity contribution is 8.02. The maximum atomic E-state index is 11.5. The molecule has 0 aliphatic rings. The minimum atomic E-state index is -0.636. The Kier molecular flexibility index (Phi) is 5.28. The normalized spacial score (nSPS) is 11.2. The third kappa shape index (κ3) is 3.28. The highest BCUT2D eigenvalue weighted by Gasteiger charge is 2.16. The van der Waals surface area contributed by atoms with E-state index in [-0.39, 0.29) is 5.57 Å². The number of rotatable bonds is 4. The molecule has 0 aromatic heterocycles. The molecule has 0 heterocycles. The lowest BCUT2D eigenvalue weighted by Gasteiger charge is -2.12. The number of nitrogens with zero attached hydrogens (tertiary/aromatic N) is 1. The molecular formula is C13H14N2O2S. The van der Waals surface area contributed by atoms with Crippen molar-refractivity contribution in [2.24, 2.45) is 0 Å². The number of para-hydroxylation sites is 1. The Hall–Kier alpha value is -1.93. The molecule has 0 bridgehead atoms. The third-order valence-corrected chi connectivity index (χ3v) is 3.04. The van der Waals surface area contributed by atoms with Gasteiger partial charge in [-0.25, -0.2) is 4.79 Å². The van der Waals surface area contributed by atoms with Crippen molar-refractivity contribution in [2.75, 3.05) is 18.7 Å². The van der Waals surface area contributed by atoms with E-state index >= 15 is 0 Å². The SMILES string of the molecule is COC(=O)C(C#N)=C(Nc1ccccc1C)SC. The van der Waals surface area contributed by atoms with Gasteiger partial charge in [0.2, 0.25) is 0 Å². The van der Waals surface area contributed by atoms with Crippen LogP contribution in [0.4, 0.5) is 5.69 Å². The van der Waals surface area contributed by atoms with Gasteiger partial charge in [0.1, 0.15) is 6.07 Å². The number of benzene rings is 1. The lowest BCUT2D eigenvalue weighted by atomic mass is 10.2. The summed E-state index contributed by atoms with van der Waals surface area (Å²) in [5.41, 5.74) is 1.87. The molecule has 1 aromatic rings. The summed E-state index contributed by atoms with van der Waals surface area (Å²) in [6.45, 7) is 1.95. The summed E-state index contributed by atoms with van der Waals surface area (Å²) >= 11 is 1.30. The summed E-state index contributed by atoms with van der Waals surface area (Å²) in [5, 5.41) is 12.6. The highest BCUT2D eigenvalue weighted by Crippen LogP contribution is 2.23. The fraction of sp³-hybridized carbons (Fsp3) is 0.231. The molecule has 0 unspecified atom stereocenters. The fourth-order valence-corrected chi connectivity index (χ4v) is 1.89. The molecule has 18 heavy (non-hydrogen) atoms. The fourth-order valence-electron chi connectivity index (χ4n) is 1.34. The van der Waals surface area contributed by atoms with Gasteiger partial charge in [-0.15, -0.1) is 11.8 Å². The van der Waals surface area contributed by atoms with E-state index in [2.05, 4.69) is 10.1 Å². The van der Waals surface area contributed by atoms with Gasteiger partial charge in [-0.1, -0.05) is 18.2 Å². The first-order valence-electron chi connectivity index (χ1n) is 5.23. The van der Waals surface area contributed by atoms with E-state index in [1.165, 1.54) is 18.9 Å². The van der Waals surface area contributed by atoms with Crippen LogP contribution in [0.3, 0.4) is 0 Å². The smallest absolute Gasteiger partial charge is 0.351 e. The van der Waals surface area contributed by atoms with Gasteiger partial charge >= 0.3 is 5.97 Å². The molecule has 0 saturated carbocycles. The Morgan fingerprint density at radius 1 is 1.44 bits per heavy atom. The minimum Gasteiger partial charge on any atom is -0.465 e. The summed E-state index contributed by atoms with van der Waals surface area (Å²) in [5.74, 6) is -0.636. The maximum Gasteiger partial charge on any atom is 0.351 e. The van der Waals surface area contributed by atoms with Gasteiger partial charge in [0.15, 0.2) is 5.57 Å². The summed E-state index contributed by atoms with van der Waals surface area (Å²) < 4.78 is 4.58. The molecule has 0 amide bonds. The number of carbonyl (C=O) groups excluding carboxylic acids is 1. The van der Waals surface area contributed by atoms with Gasteiger partial charge in [0, 0.05) is 5.69 Å². The molecule has 1 aromatic carbocycles. The second-order valence-corrected chi connectivity index (χ2v) is 4.27. The number of hydrogen-bond acceptors (Lipinski definition) is 5. The van der Waals surface area contributed by atoms with E-state index < -0.39 is 5.97 Å². The Labute approximate surface area is 111 Å². The van der Waals surface area contributed by atoms with Crippen LogP contribution in [0.2, 0.25) is 0 Å². The van der Waals surface area contributed by atoms with E-state index in [1.807, 2.05) is 37.3 Å². The standard InChI is InChI=1S/C13H14N2O2S/c1-9-6-4-5-7-11(9)15-12(18-3)10(8-14)13(16)17-2/h4-7,15H,1-3H3. The number of esters is 1. The minimum absolute atomic E-state index is 0.0201. The Morgan fingerprint density at radius 2 is 2.11 bits per heavy atom.